The topological polar surface area (TPSA) is 40.6 Å². The van der Waals surface area contributed by atoms with Crippen molar-refractivity contribution < 1.29 is 9.59 Å². The predicted octanol–water partition coefficient (Wildman–Crippen LogP) is 3.49. The van der Waals surface area contributed by atoms with Crippen LogP contribution < -0.4 is 0 Å². The zero-order valence-corrected chi connectivity index (χ0v) is 14.9. The molecule has 1 aliphatic heterocycles. The van der Waals surface area contributed by atoms with Gasteiger partial charge in [0.15, 0.2) is 0 Å². The lowest BCUT2D eigenvalue weighted by atomic mass is 10.0. The number of amides is 2. The average molecular weight is 332 g/mol. The molecule has 1 heterocycles. The number of hydrogen-bond acceptors (Lipinski definition) is 2. The molecular formula is C20H32N2O2. The first-order valence-corrected chi connectivity index (χ1v) is 10.4. The molecule has 4 rings (SSSR count). The van der Waals surface area contributed by atoms with Crippen LogP contribution in [0.5, 0.6) is 0 Å². The van der Waals surface area contributed by atoms with E-state index in [4.69, 9.17) is 0 Å². The Labute approximate surface area is 145 Å². The maximum Gasteiger partial charge on any atom is 0.228 e. The summed E-state index contributed by atoms with van der Waals surface area (Å²) in [6.45, 7) is 0.693. The second kappa shape index (κ2) is 7.05. The molecule has 4 aliphatic rings. The zero-order valence-electron chi connectivity index (χ0n) is 14.9. The van der Waals surface area contributed by atoms with Gasteiger partial charge in [-0.1, -0.05) is 38.5 Å². The third kappa shape index (κ3) is 3.09. The summed E-state index contributed by atoms with van der Waals surface area (Å²) < 4.78 is 0. The minimum Gasteiger partial charge on any atom is -0.339 e. The fourth-order valence-corrected chi connectivity index (χ4v) is 5.70. The van der Waals surface area contributed by atoms with Crippen LogP contribution in [0.4, 0.5) is 0 Å². The van der Waals surface area contributed by atoms with Gasteiger partial charge < -0.3 is 9.80 Å². The van der Waals surface area contributed by atoms with E-state index < -0.39 is 0 Å². The van der Waals surface area contributed by atoms with Gasteiger partial charge in [-0.2, -0.15) is 0 Å². The maximum atomic E-state index is 13.4. The van der Waals surface area contributed by atoms with Crippen molar-refractivity contribution in [1.29, 1.82) is 0 Å². The molecule has 0 N–H and O–H groups in total. The van der Waals surface area contributed by atoms with Gasteiger partial charge in [0.1, 0.15) is 0 Å². The van der Waals surface area contributed by atoms with E-state index in [0.717, 1.165) is 12.8 Å². The molecule has 0 unspecified atom stereocenters. The van der Waals surface area contributed by atoms with Crippen molar-refractivity contribution in [1.82, 2.24) is 9.80 Å². The lowest BCUT2D eigenvalue weighted by Gasteiger charge is -2.36. The minimum absolute atomic E-state index is 0.0701. The molecule has 0 bridgehead atoms. The van der Waals surface area contributed by atoms with Gasteiger partial charge >= 0.3 is 0 Å². The van der Waals surface area contributed by atoms with E-state index in [1.165, 1.54) is 64.2 Å². The Morgan fingerprint density at radius 1 is 0.833 bits per heavy atom. The predicted molar refractivity (Wildman–Crippen MR) is 93.4 cm³/mol. The summed E-state index contributed by atoms with van der Waals surface area (Å²) in [6, 6.07) is 1.33. The van der Waals surface area contributed by atoms with Crippen molar-refractivity contribution >= 4 is 11.8 Å². The highest BCUT2D eigenvalue weighted by molar-refractivity contribution is 5.89. The zero-order chi connectivity index (χ0) is 16.5. The fourth-order valence-electron chi connectivity index (χ4n) is 5.70. The molecule has 0 aromatic carbocycles. The van der Waals surface area contributed by atoms with Crippen LogP contribution >= 0.6 is 0 Å². The van der Waals surface area contributed by atoms with Gasteiger partial charge in [0, 0.05) is 31.1 Å². The molecule has 4 heteroatoms. The molecule has 24 heavy (non-hydrogen) atoms. The number of rotatable bonds is 4. The van der Waals surface area contributed by atoms with Crippen molar-refractivity contribution in [2.45, 2.75) is 102 Å². The smallest absolute Gasteiger partial charge is 0.228 e. The molecule has 0 spiro atoms. The summed E-state index contributed by atoms with van der Waals surface area (Å²) in [6.07, 6.45) is 15.0. The summed E-state index contributed by atoms with van der Waals surface area (Å²) in [4.78, 5) is 30.2. The molecule has 4 nitrogen and oxygen atoms in total. The Morgan fingerprint density at radius 2 is 1.33 bits per heavy atom. The number of carbonyl (C=O) groups is 2. The number of likely N-dealkylation sites (tertiary alicyclic amines) is 1. The minimum atomic E-state index is -0.0701. The summed E-state index contributed by atoms with van der Waals surface area (Å²) >= 11 is 0. The summed E-state index contributed by atoms with van der Waals surface area (Å²) in [5, 5.41) is 0. The van der Waals surface area contributed by atoms with Gasteiger partial charge in [0.25, 0.3) is 0 Å². The largest absolute Gasteiger partial charge is 0.339 e. The van der Waals surface area contributed by atoms with Crippen molar-refractivity contribution in [2.75, 3.05) is 6.54 Å². The number of hydrogen-bond donors (Lipinski definition) is 0. The van der Waals surface area contributed by atoms with E-state index in [1.807, 2.05) is 0 Å². The molecule has 0 aromatic rings. The Balaban J connectivity index is 1.46. The molecule has 0 aromatic heterocycles. The van der Waals surface area contributed by atoms with Crippen LogP contribution in [0.1, 0.15) is 83.5 Å². The molecule has 0 radical (unpaired) electrons. The Morgan fingerprint density at radius 3 is 1.88 bits per heavy atom. The highest BCUT2D eigenvalue weighted by Crippen LogP contribution is 2.35. The molecule has 2 amide bonds. The molecule has 3 aliphatic carbocycles. The standard InChI is InChI=1S/C20H32N2O2/c23-19-13-15(14-21(19)16-7-1-2-8-16)20(24)22(17-9-3-4-10-17)18-11-5-6-12-18/h15-18H,1-14H2/t15-/m0/s1. The van der Waals surface area contributed by atoms with Gasteiger partial charge in [0.05, 0.1) is 5.92 Å². The van der Waals surface area contributed by atoms with Crippen molar-refractivity contribution in [3.63, 3.8) is 0 Å². The molecular weight excluding hydrogens is 300 g/mol. The normalized spacial score (nSPS) is 29.9. The molecule has 134 valence electrons. The number of nitrogens with zero attached hydrogens (tertiary/aromatic N) is 2. The second-order valence-corrected chi connectivity index (χ2v) is 8.51. The van der Waals surface area contributed by atoms with E-state index >= 15 is 0 Å². The van der Waals surface area contributed by atoms with Crippen LogP contribution in [0.3, 0.4) is 0 Å². The van der Waals surface area contributed by atoms with Gasteiger partial charge in [-0.15, -0.1) is 0 Å². The van der Waals surface area contributed by atoms with Crippen molar-refractivity contribution in [2.24, 2.45) is 5.92 Å². The van der Waals surface area contributed by atoms with Crippen LogP contribution in [0.15, 0.2) is 0 Å². The first-order chi connectivity index (χ1) is 11.7. The van der Waals surface area contributed by atoms with Crippen molar-refractivity contribution in [3.05, 3.63) is 0 Å². The van der Waals surface area contributed by atoms with E-state index in [0.29, 0.717) is 37.0 Å². The Hall–Kier alpha value is -1.06. The van der Waals surface area contributed by atoms with Crippen LogP contribution in [0.2, 0.25) is 0 Å². The van der Waals surface area contributed by atoms with E-state index in [2.05, 4.69) is 9.80 Å². The molecule has 1 saturated heterocycles. The summed E-state index contributed by atoms with van der Waals surface area (Å²) in [5.41, 5.74) is 0. The van der Waals surface area contributed by atoms with Gasteiger partial charge in [-0.25, -0.2) is 0 Å². The summed E-state index contributed by atoms with van der Waals surface area (Å²) in [7, 11) is 0. The lowest BCUT2D eigenvalue weighted by molar-refractivity contribution is -0.140. The van der Waals surface area contributed by atoms with Gasteiger partial charge in [-0.3, -0.25) is 9.59 Å². The molecule has 4 fully saturated rings. The molecule has 1 atom stereocenters. The van der Waals surface area contributed by atoms with Crippen molar-refractivity contribution in [3.8, 4) is 0 Å². The van der Waals surface area contributed by atoms with Crippen LogP contribution in [-0.2, 0) is 9.59 Å². The maximum absolute atomic E-state index is 13.4. The SMILES string of the molecule is O=C1C[C@H](C(=O)N(C2CCCC2)C2CCCC2)CN1C1CCCC1. The van der Waals surface area contributed by atoms with Gasteiger partial charge in [0.2, 0.25) is 11.8 Å². The van der Waals surface area contributed by atoms with Gasteiger partial charge in [-0.05, 0) is 38.5 Å². The third-order valence-corrected chi connectivity index (χ3v) is 6.96. The molecule has 3 saturated carbocycles. The van der Waals surface area contributed by atoms with Crippen LogP contribution in [0, 0.1) is 5.92 Å². The first kappa shape index (κ1) is 16.4. The quantitative estimate of drug-likeness (QED) is 0.790. The highest BCUT2D eigenvalue weighted by atomic mass is 16.2. The van der Waals surface area contributed by atoms with E-state index in [9.17, 15) is 9.59 Å². The van der Waals surface area contributed by atoms with Crippen LogP contribution in [0.25, 0.3) is 0 Å². The second-order valence-electron chi connectivity index (χ2n) is 8.51. The fraction of sp³-hybridized carbons (Fsp3) is 0.900. The highest BCUT2D eigenvalue weighted by Gasteiger charge is 2.43. The monoisotopic (exact) mass is 332 g/mol. The van der Waals surface area contributed by atoms with E-state index in [1.54, 1.807) is 0 Å². The third-order valence-electron chi connectivity index (χ3n) is 6.96. The lowest BCUT2D eigenvalue weighted by Crippen LogP contribution is -2.48. The van der Waals surface area contributed by atoms with Crippen LogP contribution in [-0.4, -0.2) is 46.3 Å². The Kier molecular flexibility index (Phi) is 4.82. The summed E-state index contributed by atoms with van der Waals surface area (Å²) in [5.74, 6) is 0.472. The number of carbonyl (C=O) groups excluding carboxylic acids is 2. The first-order valence-electron chi connectivity index (χ1n) is 10.4. The average Bonchev–Trinajstić information content (AvgIpc) is 3.36. The Bertz CT molecular complexity index is 458. The van der Waals surface area contributed by atoms with E-state index in [-0.39, 0.29) is 11.8 Å².